The molecule has 1 aliphatic carbocycles. The zero-order chi connectivity index (χ0) is 21.8. The van der Waals surface area contributed by atoms with Gasteiger partial charge in [-0.2, -0.15) is 0 Å². The minimum atomic E-state index is -0.550. The Morgan fingerprint density at radius 2 is 2.06 bits per heavy atom. The van der Waals surface area contributed by atoms with Gasteiger partial charge in [0.15, 0.2) is 0 Å². The number of nitrogens with zero attached hydrogens (tertiary/aromatic N) is 1. The largest absolute Gasteiger partial charge is 0.508 e. The number of para-hydroxylation sites is 1. The summed E-state index contributed by atoms with van der Waals surface area (Å²) in [5, 5.41) is 13.3. The Morgan fingerprint density at radius 3 is 2.77 bits per heavy atom. The number of phenolic OH excluding ortho intramolecular Hbond substituents is 1. The van der Waals surface area contributed by atoms with Gasteiger partial charge in [0.05, 0.1) is 30.9 Å². The summed E-state index contributed by atoms with van der Waals surface area (Å²) in [5.41, 5.74) is 0.472. The van der Waals surface area contributed by atoms with E-state index in [9.17, 15) is 14.7 Å². The van der Waals surface area contributed by atoms with Crippen molar-refractivity contribution in [3.63, 3.8) is 0 Å². The maximum absolute atomic E-state index is 12.7. The normalized spacial score (nSPS) is 31.1. The molecule has 3 fully saturated rings. The van der Waals surface area contributed by atoms with Crippen LogP contribution >= 0.6 is 0 Å². The summed E-state index contributed by atoms with van der Waals surface area (Å²) < 4.78 is 11.9. The van der Waals surface area contributed by atoms with Gasteiger partial charge in [0.25, 0.3) is 0 Å². The lowest BCUT2D eigenvalue weighted by molar-refractivity contribution is -0.143. The average Bonchev–Trinajstić information content (AvgIpc) is 3.10. The van der Waals surface area contributed by atoms with Gasteiger partial charge >= 0.3 is 0 Å². The number of phenols is 1. The summed E-state index contributed by atoms with van der Waals surface area (Å²) in [6.07, 6.45) is 5.91. The lowest BCUT2D eigenvalue weighted by Crippen LogP contribution is -2.65. The molecule has 3 aliphatic rings. The number of aromatic hydroxyl groups is 1. The van der Waals surface area contributed by atoms with E-state index >= 15 is 0 Å². The number of carbonyl (C=O) groups excluding carboxylic acids is 2. The van der Waals surface area contributed by atoms with Crippen molar-refractivity contribution < 1.29 is 24.2 Å². The van der Waals surface area contributed by atoms with Gasteiger partial charge in [-0.25, -0.2) is 0 Å². The van der Waals surface area contributed by atoms with E-state index in [4.69, 9.17) is 9.47 Å². The first-order valence-corrected chi connectivity index (χ1v) is 11.6. The fourth-order valence-electron chi connectivity index (χ4n) is 5.44. The van der Waals surface area contributed by atoms with Crippen molar-refractivity contribution in [3.8, 4) is 5.75 Å². The molecule has 2 N–H and O–H groups in total. The third-order valence-electron chi connectivity index (χ3n) is 7.12. The number of amides is 2. The molecule has 7 nitrogen and oxygen atoms in total. The molecule has 7 heteroatoms. The van der Waals surface area contributed by atoms with Crippen molar-refractivity contribution in [2.24, 2.45) is 0 Å². The molecule has 4 rings (SSSR count). The van der Waals surface area contributed by atoms with Gasteiger partial charge in [-0.15, -0.1) is 0 Å². The van der Waals surface area contributed by atoms with E-state index in [1.807, 2.05) is 30.0 Å². The number of hydrogen-bond acceptors (Lipinski definition) is 5. The lowest BCUT2D eigenvalue weighted by Gasteiger charge is -2.41. The second-order valence-corrected chi connectivity index (χ2v) is 9.17. The quantitative estimate of drug-likeness (QED) is 0.725. The third kappa shape index (κ3) is 4.72. The van der Waals surface area contributed by atoms with Gasteiger partial charge < -0.3 is 24.8 Å². The maximum atomic E-state index is 12.7. The van der Waals surface area contributed by atoms with Crippen molar-refractivity contribution in [2.45, 2.75) is 75.5 Å². The molecule has 31 heavy (non-hydrogen) atoms. The van der Waals surface area contributed by atoms with Crippen molar-refractivity contribution >= 4 is 11.8 Å². The molecule has 1 aromatic rings. The molecule has 2 amide bonds. The summed E-state index contributed by atoms with van der Waals surface area (Å²) in [5.74, 6) is 0.727. The van der Waals surface area contributed by atoms with Gasteiger partial charge in [0.2, 0.25) is 11.8 Å². The molecule has 0 radical (unpaired) electrons. The molecule has 2 heterocycles. The molecule has 0 unspecified atom stereocenters. The number of hydrogen-bond donors (Lipinski definition) is 2. The zero-order valence-electron chi connectivity index (χ0n) is 18.3. The van der Waals surface area contributed by atoms with Crippen molar-refractivity contribution in [3.05, 3.63) is 29.8 Å². The van der Waals surface area contributed by atoms with Gasteiger partial charge in [0.1, 0.15) is 12.4 Å². The van der Waals surface area contributed by atoms with Crippen LogP contribution in [0, 0.1) is 0 Å². The highest BCUT2D eigenvalue weighted by atomic mass is 16.5. The van der Waals surface area contributed by atoms with E-state index < -0.39 is 5.54 Å². The van der Waals surface area contributed by atoms with Crippen LogP contribution in [0.2, 0.25) is 0 Å². The van der Waals surface area contributed by atoms with Crippen molar-refractivity contribution in [2.75, 3.05) is 26.4 Å². The molecule has 1 spiro atoms. The van der Waals surface area contributed by atoms with E-state index in [-0.39, 0.29) is 30.6 Å². The summed E-state index contributed by atoms with van der Waals surface area (Å²) in [4.78, 5) is 26.7. The smallest absolute Gasteiger partial charge is 0.246 e. The Bertz CT molecular complexity index is 792. The molecular weight excluding hydrogens is 396 g/mol. The second kappa shape index (κ2) is 9.57. The first kappa shape index (κ1) is 22.1. The molecule has 2 saturated heterocycles. The van der Waals surface area contributed by atoms with E-state index in [1.54, 1.807) is 6.07 Å². The summed E-state index contributed by atoms with van der Waals surface area (Å²) in [7, 11) is 0. The molecule has 1 aromatic carbocycles. The Hall–Kier alpha value is -2.12. The van der Waals surface area contributed by atoms with Crippen LogP contribution in [0.3, 0.4) is 0 Å². The molecule has 2 atom stereocenters. The highest BCUT2D eigenvalue weighted by Gasteiger charge is 2.52. The van der Waals surface area contributed by atoms with Crippen molar-refractivity contribution in [1.29, 1.82) is 0 Å². The lowest BCUT2D eigenvalue weighted by atomic mass is 9.82. The fraction of sp³-hybridized carbons (Fsp3) is 0.667. The van der Waals surface area contributed by atoms with Crippen LogP contribution in [0.25, 0.3) is 0 Å². The molecule has 2 aliphatic heterocycles. The Kier molecular flexibility index (Phi) is 6.82. The topological polar surface area (TPSA) is 88.1 Å². The highest BCUT2D eigenvalue weighted by molar-refractivity contribution is 5.80. The van der Waals surface area contributed by atoms with Crippen LogP contribution in [0.4, 0.5) is 0 Å². The van der Waals surface area contributed by atoms with Gasteiger partial charge in [-0.1, -0.05) is 25.1 Å². The Balaban J connectivity index is 1.38. The predicted molar refractivity (Wildman–Crippen MR) is 116 cm³/mol. The molecular formula is C24H34N2O5. The zero-order valence-corrected chi connectivity index (χ0v) is 18.3. The SMILES string of the molecule is CCCC(=O)N1CC[C@]2(COCC(=O)N2)[C@H]1COC1CCC(c2ccccc2O)CC1. The number of benzene rings is 1. The number of carbonyl (C=O) groups is 2. The highest BCUT2D eigenvalue weighted by Crippen LogP contribution is 2.38. The Labute approximate surface area is 184 Å². The number of ether oxygens (including phenoxy) is 2. The first-order chi connectivity index (χ1) is 15.0. The second-order valence-electron chi connectivity index (χ2n) is 9.17. The van der Waals surface area contributed by atoms with Gasteiger partial charge in [0, 0.05) is 13.0 Å². The van der Waals surface area contributed by atoms with Crippen LogP contribution in [-0.4, -0.2) is 65.9 Å². The van der Waals surface area contributed by atoms with Crippen LogP contribution in [0.1, 0.15) is 63.4 Å². The third-order valence-corrected chi connectivity index (χ3v) is 7.12. The number of rotatable bonds is 6. The summed E-state index contributed by atoms with van der Waals surface area (Å²) >= 11 is 0. The monoisotopic (exact) mass is 430 g/mol. The number of morpholine rings is 1. The van der Waals surface area contributed by atoms with E-state index in [1.165, 1.54) is 0 Å². The summed E-state index contributed by atoms with van der Waals surface area (Å²) in [6.45, 7) is 3.53. The fourth-order valence-corrected chi connectivity index (χ4v) is 5.44. The van der Waals surface area contributed by atoms with Crippen molar-refractivity contribution in [1.82, 2.24) is 10.2 Å². The predicted octanol–water partition coefficient (Wildman–Crippen LogP) is 2.72. The van der Waals surface area contributed by atoms with Crippen LogP contribution < -0.4 is 5.32 Å². The average molecular weight is 431 g/mol. The van der Waals surface area contributed by atoms with E-state index in [2.05, 4.69) is 5.32 Å². The number of likely N-dealkylation sites (tertiary alicyclic amines) is 1. The van der Waals surface area contributed by atoms with Crippen LogP contribution in [-0.2, 0) is 19.1 Å². The van der Waals surface area contributed by atoms with Gasteiger partial charge in [-0.3, -0.25) is 9.59 Å². The minimum Gasteiger partial charge on any atom is -0.508 e. The standard InChI is InChI=1S/C24H34N2O5/c1-2-5-23(29)26-13-12-24(16-30-15-22(28)25-24)21(26)14-31-18-10-8-17(9-11-18)19-6-3-4-7-20(19)27/h3-4,6-7,17-18,21,27H,2,5,8-16H2,1H3,(H,25,28)/t17?,18?,21-,24+/m1/s1. The molecule has 170 valence electrons. The van der Waals surface area contributed by atoms with E-state index in [0.717, 1.165) is 37.7 Å². The van der Waals surface area contributed by atoms with E-state index in [0.29, 0.717) is 44.3 Å². The maximum Gasteiger partial charge on any atom is 0.246 e. The van der Waals surface area contributed by atoms with Crippen LogP contribution in [0.15, 0.2) is 24.3 Å². The molecule has 0 bridgehead atoms. The van der Waals surface area contributed by atoms with Crippen LogP contribution in [0.5, 0.6) is 5.75 Å². The summed E-state index contributed by atoms with van der Waals surface area (Å²) in [6, 6.07) is 7.38. The Morgan fingerprint density at radius 1 is 1.29 bits per heavy atom. The first-order valence-electron chi connectivity index (χ1n) is 11.6. The van der Waals surface area contributed by atoms with Gasteiger partial charge in [-0.05, 0) is 56.1 Å². The molecule has 0 aromatic heterocycles. The molecule has 1 saturated carbocycles. The number of nitrogens with one attached hydrogen (secondary N) is 1. The minimum absolute atomic E-state index is 0.0780.